The van der Waals surface area contributed by atoms with Crippen LogP contribution in [-0.2, 0) is 11.8 Å². The minimum Gasteiger partial charge on any atom is -0.481 e. The Morgan fingerprint density at radius 1 is 1.55 bits per heavy atom. The Balaban J connectivity index is 2.51. The van der Waals surface area contributed by atoms with Crippen LogP contribution < -0.4 is 5.32 Å². The van der Waals surface area contributed by atoms with Gasteiger partial charge in [-0.2, -0.15) is 10.4 Å². The van der Waals surface area contributed by atoms with Gasteiger partial charge in [0.15, 0.2) is 0 Å². The van der Waals surface area contributed by atoms with E-state index >= 15 is 0 Å². The van der Waals surface area contributed by atoms with Gasteiger partial charge in [0.25, 0.3) is 0 Å². The van der Waals surface area contributed by atoms with Gasteiger partial charge in [-0.1, -0.05) is 13.3 Å². The number of hydrogen-bond donors (Lipinski definition) is 2. The maximum Gasteiger partial charge on any atom is 0.303 e. The molecule has 1 unspecified atom stereocenters. The van der Waals surface area contributed by atoms with E-state index in [0.717, 1.165) is 24.4 Å². The van der Waals surface area contributed by atoms with Gasteiger partial charge in [0, 0.05) is 20.0 Å². The van der Waals surface area contributed by atoms with Crippen molar-refractivity contribution in [3.8, 4) is 6.07 Å². The lowest BCUT2D eigenvalue weighted by molar-refractivity contribution is -0.137. The van der Waals surface area contributed by atoms with Crippen molar-refractivity contribution in [3.05, 3.63) is 11.3 Å². The van der Waals surface area contributed by atoms with Crippen LogP contribution in [0.3, 0.4) is 0 Å². The lowest BCUT2D eigenvalue weighted by Crippen LogP contribution is -2.12. The number of nitrogens with zero attached hydrogens (tertiary/aromatic N) is 3. The number of rotatable bonds is 8. The second kappa shape index (κ2) is 7.53. The molecule has 1 atom stereocenters. The molecule has 110 valence electrons. The molecule has 1 aromatic rings. The average Bonchev–Trinajstić information content (AvgIpc) is 2.67. The topological polar surface area (TPSA) is 90.9 Å². The summed E-state index contributed by atoms with van der Waals surface area (Å²) in [5.74, 6) is 0.377. The third kappa shape index (κ3) is 4.26. The second-order valence-electron chi connectivity index (χ2n) is 4.97. The Hall–Kier alpha value is -2.03. The first-order valence-electron chi connectivity index (χ1n) is 6.88. The zero-order valence-electron chi connectivity index (χ0n) is 12.3. The lowest BCUT2D eigenvalue weighted by atomic mass is 9.96. The van der Waals surface area contributed by atoms with E-state index in [4.69, 9.17) is 10.4 Å². The molecule has 0 radical (unpaired) electrons. The van der Waals surface area contributed by atoms with Crippen LogP contribution in [0, 0.1) is 24.2 Å². The van der Waals surface area contributed by atoms with Crippen LogP contribution >= 0.6 is 0 Å². The SMILES string of the molecule is CCC(CCNc1c(C#N)c(C)nn1C)CCC(=O)O. The van der Waals surface area contributed by atoms with Gasteiger partial charge in [-0.05, 0) is 25.7 Å². The highest BCUT2D eigenvalue weighted by Gasteiger charge is 2.13. The summed E-state index contributed by atoms with van der Waals surface area (Å²) in [6, 6.07) is 2.15. The summed E-state index contributed by atoms with van der Waals surface area (Å²) >= 11 is 0. The van der Waals surface area contributed by atoms with E-state index in [9.17, 15) is 4.79 Å². The van der Waals surface area contributed by atoms with Gasteiger partial charge in [0.05, 0.1) is 5.69 Å². The molecule has 1 rings (SSSR count). The van der Waals surface area contributed by atoms with E-state index in [1.54, 1.807) is 11.7 Å². The predicted molar refractivity (Wildman–Crippen MR) is 76.4 cm³/mol. The highest BCUT2D eigenvalue weighted by atomic mass is 16.4. The van der Waals surface area contributed by atoms with Crippen LogP contribution in [0.25, 0.3) is 0 Å². The summed E-state index contributed by atoms with van der Waals surface area (Å²) < 4.78 is 1.67. The zero-order chi connectivity index (χ0) is 15.1. The number of hydrogen-bond acceptors (Lipinski definition) is 4. The summed E-state index contributed by atoms with van der Waals surface area (Å²) in [5, 5.41) is 25.3. The van der Waals surface area contributed by atoms with Gasteiger partial charge in [0.2, 0.25) is 0 Å². The van der Waals surface area contributed by atoms with Crippen LogP contribution in [-0.4, -0.2) is 27.4 Å². The highest BCUT2D eigenvalue weighted by molar-refractivity contribution is 5.66. The molecule has 0 saturated heterocycles. The molecule has 0 fully saturated rings. The lowest BCUT2D eigenvalue weighted by Gasteiger charge is -2.14. The molecular formula is C14H22N4O2. The van der Waals surface area contributed by atoms with Crippen molar-refractivity contribution in [2.45, 2.75) is 39.5 Å². The molecule has 0 bridgehead atoms. The summed E-state index contributed by atoms with van der Waals surface area (Å²) in [6.07, 6.45) is 2.76. The maximum atomic E-state index is 10.6. The molecule has 20 heavy (non-hydrogen) atoms. The fourth-order valence-electron chi connectivity index (χ4n) is 2.27. The van der Waals surface area contributed by atoms with Crippen molar-refractivity contribution in [1.82, 2.24) is 9.78 Å². The Bertz CT molecular complexity index is 502. The molecule has 0 aromatic carbocycles. The van der Waals surface area contributed by atoms with Crippen molar-refractivity contribution < 1.29 is 9.90 Å². The minimum absolute atomic E-state index is 0.215. The van der Waals surface area contributed by atoms with Gasteiger partial charge in [0.1, 0.15) is 17.5 Å². The van der Waals surface area contributed by atoms with E-state index in [1.165, 1.54) is 0 Å². The minimum atomic E-state index is -0.745. The van der Waals surface area contributed by atoms with Crippen molar-refractivity contribution in [1.29, 1.82) is 5.26 Å². The molecule has 0 saturated carbocycles. The number of carbonyl (C=O) groups is 1. The van der Waals surface area contributed by atoms with E-state index in [2.05, 4.69) is 23.4 Å². The number of anilines is 1. The van der Waals surface area contributed by atoms with E-state index in [0.29, 0.717) is 24.4 Å². The first-order chi connectivity index (χ1) is 9.49. The first-order valence-corrected chi connectivity index (χ1v) is 6.88. The summed E-state index contributed by atoms with van der Waals surface area (Å²) in [4.78, 5) is 10.6. The Morgan fingerprint density at radius 2 is 2.25 bits per heavy atom. The Kier molecular flexibility index (Phi) is 6.04. The number of nitrogens with one attached hydrogen (secondary N) is 1. The van der Waals surface area contributed by atoms with Crippen LogP contribution in [0.5, 0.6) is 0 Å². The van der Waals surface area contributed by atoms with Gasteiger partial charge in [-0.25, -0.2) is 0 Å². The fraction of sp³-hybridized carbons (Fsp3) is 0.643. The Labute approximate surface area is 119 Å². The molecule has 0 aliphatic heterocycles. The molecule has 1 heterocycles. The largest absolute Gasteiger partial charge is 0.481 e. The zero-order valence-corrected chi connectivity index (χ0v) is 12.3. The maximum absolute atomic E-state index is 10.6. The standard InChI is InChI=1S/C14H22N4O2/c1-4-11(5-6-13(19)20)7-8-16-14-12(9-15)10(2)17-18(14)3/h11,16H,4-8H2,1-3H3,(H,19,20). The number of nitriles is 1. The third-order valence-electron chi connectivity index (χ3n) is 3.52. The van der Waals surface area contributed by atoms with Crippen molar-refractivity contribution >= 4 is 11.8 Å². The molecule has 0 spiro atoms. The van der Waals surface area contributed by atoms with Crippen LogP contribution in [0.15, 0.2) is 0 Å². The highest BCUT2D eigenvalue weighted by Crippen LogP contribution is 2.19. The third-order valence-corrected chi connectivity index (χ3v) is 3.52. The average molecular weight is 278 g/mol. The Morgan fingerprint density at radius 3 is 2.80 bits per heavy atom. The second-order valence-corrected chi connectivity index (χ2v) is 4.97. The van der Waals surface area contributed by atoms with Crippen LogP contribution in [0.4, 0.5) is 5.82 Å². The number of aliphatic carboxylic acids is 1. The molecule has 6 nitrogen and oxygen atoms in total. The molecule has 1 aromatic heterocycles. The van der Waals surface area contributed by atoms with Crippen LogP contribution in [0.1, 0.15) is 43.9 Å². The van der Waals surface area contributed by atoms with Gasteiger partial charge < -0.3 is 10.4 Å². The normalized spacial score (nSPS) is 11.9. The molecule has 6 heteroatoms. The number of carboxylic acid groups (broad SMARTS) is 1. The van der Waals surface area contributed by atoms with E-state index in [1.807, 2.05) is 6.92 Å². The quantitative estimate of drug-likeness (QED) is 0.761. The monoisotopic (exact) mass is 278 g/mol. The summed E-state index contributed by atoms with van der Waals surface area (Å²) in [7, 11) is 1.80. The molecular weight excluding hydrogens is 256 g/mol. The molecule has 0 aliphatic rings. The van der Waals surface area contributed by atoms with Gasteiger partial charge in [-0.15, -0.1) is 0 Å². The van der Waals surface area contributed by atoms with Crippen molar-refractivity contribution in [2.24, 2.45) is 13.0 Å². The predicted octanol–water partition coefficient (Wildman–Crippen LogP) is 2.29. The fourth-order valence-corrected chi connectivity index (χ4v) is 2.27. The van der Waals surface area contributed by atoms with Crippen molar-refractivity contribution in [3.63, 3.8) is 0 Å². The summed E-state index contributed by atoms with van der Waals surface area (Å²) in [5.41, 5.74) is 1.29. The molecule has 2 N–H and O–H groups in total. The van der Waals surface area contributed by atoms with Gasteiger partial charge >= 0.3 is 5.97 Å². The van der Waals surface area contributed by atoms with Crippen LogP contribution in [0.2, 0.25) is 0 Å². The van der Waals surface area contributed by atoms with Crippen molar-refractivity contribution in [2.75, 3.05) is 11.9 Å². The van der Waals surface area contributed by atoms with Gasteiger partial charge in [-0.3, -0.25) is 9.48 Å². The first kappa shape index (κ1) is 16.0. The molecule has 0 aliphatic carbocycles. The number of aromatic nitrogens is 2. The van der Waals surface area contributed by atoms with E-state index in [-0.39, 0.29) is 6.42 Å². The number of carboxylic acids is 1. The summed E-state index contributed by atoms with van der Waals surface area (Å²) in [6.45, 7) is 4.60. The molecule has 0 amide bonds. The smallest absolute Gasteiger partial charge is 0.303 e. The number of aryl methyl sites for hydroxylation is 2. The van der Waals surface area contributed by atoms with E-state index < -0.39 is 5.97 Å².